The first kappa shape index (κ1) is 11.4. The Morgan fingerprint density at radius 1 is 1.33 bits per heavy atom. The van der Waals surface area contributed by atoms with Crippen LogP contribution in [0.25, 0.3) is 10.6 Å². The smallest absolute Gasteiger partial charge is 0.0935 e. The maximum atomic E-state index is 5.88. The van der Waals surface area contributed by atoms with E-state index in [9.17, 15) is 0 Å². The van der Waals surface area contributed by atoms with Crippen molar-refractivity contribution in [2.45, 2.75) is 12.8 Å². The van der Waals surface area contributed by atoms with Crippen LogP contribution in [0.4, 0.5) is 0 Å². The maximum Gasteiger partial charge on any atom is 0.0935 e. The maximum absolute atomic E-state index is 5.88. The van der Waals surface area contributed by atoms with Gasteiger partial charge < -0.3 is 0 Å². The fourth-order valence-corrected chi connectivity index (χ4v) is 3.26. The molecule has 0 unspecified atom stereocenters. The summed E-state index contributed by atoms with van der Waals surface area (Å²) in [7, 11) is 0. The van der Waals surface area contributed by atoms with E-state index in [1.807, 2.05) is 12.1 Å². The number of nitrogens with zero attached hydrogens (tertiary/aromatic N) is 1. The van der Waals surface area contributed by atoms with E-state index in [1.165, 1.54) is 0 Å². The molecule has 0 aromatic carbocycles. The molecular formula is C10H9Cl2NS2. The molecule has 1 nitrogen and oxygen atoms in total. The molecule has 0 atom stereocenters. The molecule has 5 heteroatoms. The third kappa shape index (κ3) is 2.94. The van der Waals surface area contributed by atoms with Crippen molar-refractivity contribution in [1.29, 1.82) is 0 Å². The average Bonchev–Trinajstić information content (AvgIpc) is 2.83. The first-order chi connectivity index (χ1) is 7.29. The molecule has 2 heterocycles. The van der Waals surface area contributed by atoms with Crippen LogP contribution >= 0.6 is 45.9 Å². The summed E-state index contributed by atoms with van der Waals surface area (Å²) in [6.07, 6.45) is 1.95. The van der Waals surface area contributed by atoms with Gasteiger partial charge in [-0.25, -0.2) is 4.98 Å². The number of halogens is 2. The number of hydrogen-bond acceptors (Lipinski definition) is 3. The molecule has 0 N–H and O–H groups in total. The highest BCUT2D eigenvalue weighted by atomic mass is 35.5. The number of aryl methyl sites for hydroxylation is 1. The van der Waals surface area contributed by atoms with Crippen LogP contribution in [0.1, 0.15) is 11.4 Å². The summed E-state index contributed by atoms with van der Waals surface area (Å²) in [5, 5.41) is 3.22. The van der Waals surface area contributed by atoms with Crippen molar-refractivity contribution in [3.8, 4) is 10.6 Å². The molecular weight excluding hydrogens is 269 g/mol. The number of alkyl halides is 1. The highest BCUT2D eigenvalue weighted by molar-refractivity contribution is 7.19. The molecule has 0 saturated carbocycles. The second-order valence-corrected chi connectivity index (χ2v) is 6.06. The second-order valence-electron chi connectivity index (χ2n) is 3.02. The van der Waals surface area contributed by atoms with Gasteiger partial charge in [0.25, 0.3) is 0 Å². The zero-order valence-corrected chi connectivity index (χ0v) is 11.0. The first-order valence-electron chi connectivity index (χ1n) is 4.55. The molecule has 15 heavy (non-hydrogen) atoms. The zero-order chi connectivity index (χ0) is 10.7. The lowest BCUT2D eigenvalue weighted by molar-refractivity contribution is 0.916. The predicted octanol–water partition coefficient (Wildman–Crippen LogP) is 4.70. The summed E-state index contributed by atoms with van der Waals surface area (Å²) in [4.78, 5) is 5.68. The van der Waals surface area contributed by atoms with Gasteiger partial charge in [0, 0.05) is 17.7 Å². The van der Waals surface area contributed by atoms with Gasteiger partial charge in [0.1, 0.15) is 0 Å². The summed E-state index contributed by atoms with van der Waals surface area (Å²) in [6.45, 7) is 0. The van der Waals surface area contributed by atoms with Crippen LogP contribution in [-0.4, -0.2) is 10.9 Å². The normalized spacial score (nSPS) is 10.8. The van der Waals surface area contributed by atoms with Crippen LogP contribution in [0.3, 0.4) is 0 Å². The van der Waals surface area contributed by atoms with Crippen molar-refractivity contribution < 1.29 is 0 Å². The van der Waals surface area contributed by atoms with Crippen molar-refractivity contribution >= 4 is 45.9 Å². The Kier molecular flexibility index (Phi) is 4.03. The summed E-state index contributed by atoms with van der Waals surface area (Å²) >= 11 is 14.8. The molecule has 0 spiro atoms. The summed E-state index contributed by atoms with van der Waals surface area (Å²) in [6, 6.07) is 3.91. The third-order valence-electron chi connectivity index (χ3n) is 1.90. The lowest BCUT2D eigenvalue weighted by Gasteiger charge is -1.90. The van der Waals surface area contributed by atoms with Crippen molar-refractivity contribution in [2.75, 3.05) is 5.88 Å². The zero-order valence-electron chi connectivity index (χ0n) is 7.87. The first-order valence-corrected chi connectivity index (χ1v) is 7.16. The molecule has 0 radical (unpaired) electrons. The molecule has 2 rings (SSSR count). The Labute approximate surface area is 107 Å². The monoisotopic (exact) mass is 277 g/mol. The van der Waals surface area contributed by atoms with E-state index >= 15 is 0 Å². The van der Waals surface area contributed by atoms with E-state index in [2.05, 4.69) is 10.4 Å². The number of hydrogen-bond donors (Lipinski definition) is 0. The van der Waals surface area contributed by atoms with Crippen molar-refractivity contribution in [1.82, 2.24) is 4.98 Å². The fraction of sp³-hybridized carbons (Fsp3) is 0.300. The Hall–Kier alpha value is -0.0900. The number of aromatic nitrogens is 1. The highest BCUT2D eigenvalue weighted by Crippen LogP contribution is 2.31. The summed E-state index contributed by atoms with van der Waals surface area (Å²) < 4.78 is 0.806. The van der Waals surface area contributed by atoms with Crippen LogP contribution in [0.5, 0.6) is 0 Å². The van der Waals surface area contributed by atoms with Gasteiger partial charge in [0.2, 0.25) is 0 Å². The van der Waals surface area contributed by atoms with Gasteiger partial charge in [-0.2, -0.15) is 0 Å². The highest BCUT2D eigenvalue weighted by Gasteiger charge is 2.06. The molecule has 0 bridgehead atoms. The van der Waals surface area contributed by atoms with Gasteiger partial charge in [0.15, 0.2) is 0 Å². The third-order valence-corrected chi connectivity index (χ3v) is 4.33. The molecule has 0 saturated heterocycles. The molecule has 0 fully saturated rings. The quantitative estimate of drug-likeness (QED) is 0.739. The van der Waals surface area contributed by atoms with E-state index in [0.717, 1.165) is 32.8 Å². The topological polar surface area (TPSA) is 12.9 Å². The molecule has 2 aromatic heterocycles. The minimum absolute atomic E-state index is 0.694. The molecule has 0 aliphatic carbocycles. The van der Waals surface area contributed by atoms with Crippen LogP contribution in [0.2, 0.25) is 4.34 Å². The summed E-state index contributed by atoms with van der Waals surface area (Å²) in [5.41, 5.74) is 1.03. The number of thiophene rings is 1. The summed E-state index contributed by atoms with van der Waals surface area (Å²) in [5.74, 6) is 0.694. The standard InChI is InChI=1S/C10H9Cl2NS2/c11-5-1-2-10-13-7(6-14-10)8-3-4-9(12)15-8/h3-4,6H,1-2,5H2. The lowest BCUT2D eigenvalue weighted by Crippen LogP contribution is -1.84. The second kappa shape index (κ2) is 5.30. The van der Waals surface area contributed by atoms with E-state index < -0.39 is 0 Å². The molecule has 0 aliphatic heterocycles. The van der Waals surface area contributed by atoms with E-state index in [-0.39, 0.29) is 0 Å². The average molecular weight is 278 g/mol. The van der Waals surface area contributed by atoms with Gasteiger partial charge in [-0.3, -0.25) is 0 Å². The fourth-order valence-electron chi connectivity index (χ4n) is 1.21. The Morgan fingerprint density at radius 3 is 2.87 bits per heavy atom. The molecule has 80 valence electrons. The SMILES string of the molecule is ClCCCc1nc(-c2ccc(Cl)s2)cs1. The van der Waals surface area contributed by atoms with Gasteiger partial charge >= 0.3 is 0 Å². The van der Waals surface area contributed by atoms with Crippen LogP contribution in [0, 0.1) is 0 Å². The minimum Gasteiger partial charge on any atom is -0.240 e. The van der Waals surface area contributed by atoms with Crippen molar-refractivity contribution in [3.63, 3.8) is 0 Å². The predicted molar refractivity (Wildman–Crippen MR) is 69.5 cm³/mol. The number of thiazole rings is 1. The molecule has 0 aliphatic rings. The van der Waals surface area contributed by atoms with Gasteiger partial charge in [-0.15, -0.1) is 34.3 Å². The van der Waals surface area contributed by atoms with E-state index in [0.29, 0.717) is 5.88 Å². The Balaban J connectivity index is 2.13. The van der Waals surface area contributed by atoms with E-state index in [1.54, 1.807) is 22.7 Å². The van der Waals surface area contributed by atoms with Crippen LogP contribution in [0.15, 0.2) is 17.5 Å². The van der Waals surface area contributed by atoms with Gasteiger partial charge in [-0.05, 0) is 18.6 Å². The van der Waals surface area contributed by atoms with Crippen molar-refractivity contribution in [2.24, 2.45) is 0 Å². The van der Waals surface area contributed by atoms with E-state index in [4.69, 9.17) is 23.2 Å². The molecule has 0 amide bonds. The lowest BCUT2D eigenvalue weighted by atomic mass is 10.3. The van der Waals surface area contributed by atoms with Gasteiger partial charge in [-0.1, -0.05) is 11.6 Å². The minimum atomic E-state index is 0.694. The number of rotatable bonds is 4. The van der Waals surface area contributed by atoms with Crippen molar-refractivity contribution in [3.05, 3.63) is 26.9 Å². The Bertz CT molecular complexity index is 436. The van der Waals surface area contributed by atoms with Crippen LogP contribution < -0.4 is 0 Å². The molecule has 2 aromatic rings. The largest absolute Gasteiger partial charge is 0.240 e. The van der Waals surface area contributed by atoms with Gasteiger partial charge in [0.05, 0.1) is 19.9 Å². The van der Waals surface area contributed by atoms with Crippen LogP contribution in [-0.2, 0) is 6.42 Å². The Morgan fingerprint density at radius 2 is 2.20 bits per heavy atom.